The van der Waals surface area contributed by atoms with Crippen LogP contribution in [0.3, 0.4) is 0 Å². The van der Waals surface area contributed by atoms with Crippen LogP contribution in [0, 0.1) is 5.92 Å². The normalized spacial score (nSPS) is 19.6. The lowest BCUT2D eigenvalue weighted by molar-refractivity contribution is 0.0962. The summed E-state index contributed by atoms with van der Waals surface area (Å²) in [6, 6.07) is 3.40. The largest absolute Gasteiger partial charge is 0.293 e. The molecule has 4 heteroatoms. The van der Waals surface area contributed by atoms with Crippen molar-refractivity contribution < 1.29 is 4.79 Å². The average Bonchev–Trinajstić information content (AvgIpc) is 2.12. The highest BCUT2D eigenvalue weighted by Gasteiger charge is 2.23. The van der Waals surface area contributed by atoms with E-state index in [-0.39, 0.29) is 11.7 Å². The van der Waals surface area contributed by atoms with Gasteiger partial charge in [0.1, 0.15) is 0 Å². The summed E-state index contributed by atoms with van der Waals surface area (Å²) in [6.07, 6.45) is 1.66. The summed E-state index contributed by atoms with van der Waals surface area (Å²) in [4.78, 5) is 16.0. The van der Waals surface area contributed by atoms with Gasteiger partial charge in [0.15, 0.2) is 5.78 Å². The highest BCUT2D eigenvalue weighted by atomic mass is 79.9. The summed E-state index contributed by atoms with van der Waals surface area (Å²) >= 11 is 9.19. The zero-order chi connectivity index (χ0) is 10.3. The number of carbonyl (C=O) groups excluding carboxylic acids is 1. The molecule has 1 aliphatic heterocycles. The van der Waals surface area contributed by atoms with Gasteiger partial charge in [0.05, 0.1) is 11.6 Å². The molecule has 72 valence electrons. The molecule has 1 unspecified atom stereocenters. The first-order valence-corrected chi connectivity index (χ1v) is 5.34. The van der Waals surface area contributed by atoms with E-state index in [1.54, 1.807) is 18.3 Å². The van der Waals surface area contributed by atoms with Crippen molar-refractivity contribution in [2.24, 2.45) is 10.9 Å². The number of aliphatic imine (C=N–C) groups is 1. The van der Waals surface area contributed by atoms with E-state index in [9.17, 15) is 4.79 Å². The number of nitrogens with zero attached hydrogens (tertiary/aromatic N) is 1. The molecular formula is C10H7BrClNO. The van der Waals surface area contributed by atoms with E-state index in [1.807, 2.05) is 6.92 Å². The summed E-state index contributed by atoms with van der Waals surface area (Å²) in [5.74, 6) is -0.0916. The van der Waals surface area contributed by atoms with Gasteiger partial charge in [-0.1, -0.05) is 18.5 Å². The van der Waals surface area contributed by atoms with Crippen LogP contribution < -0.4 is 0 Å². The van der Waals surface area contributed by atoms with Gasteiger partial charge in [-0.25, -0.2) is 0 Å². The first-order chi connectivity index (χ1) is 6.59. The van der Waals surface area contributed by atoms with E-state index in [0.29, 0.717) is 16.3 Å². The van der Waals surface area contributed by atoms with E-state index < -0.39 is 0 Å². The summed E-state index contributed by atoms with van der Waals surface area (Å²) in [5.41, 5.74) is 1.27. The first-order valence-electron chi connectivity index (χ1n) is 4.17. The van der Waals surface area contributed by atoms with Crippen LogP contribution >= 0.6 is 27.5 Å². The number of hydrogen-bond donors (Lipinski definition) is 0. The van der Waals surface area contributed by atoms with Crippen molar-refractivity contribution in [3.8, 4) is 0 Å². The van der Waals surface area contributed by atoms with Gasteiger partial charge in [-0.15, -0.1) is 0 Å². The number of halogens is 2. The van der Waals surface area contributed by atoms with Crippen LogP contribution in [0.4, 0.5) is 5.69 Å². The molecule has 0 spiro atoms. The fourth-order valence-electron chi connectivity index (χ4n) is 1.38. The molecule has 1 atom stereocenters. The van der Waals surface area contributed by atoms with Gasteiger partial charge in [-0.2, -0.15) is 0 Å². The van der Waals surface area contributed by atoms with Crippen LogP contribution in [0.1, 0.15) is 17.3 Å². The predicted molar refractivity (Wildman–Crippen MR) is 60.8 cm³/mol. The van der Waals surface area contributed by atoms with Crippen LogP contribution in [0.5, 0.6) is 0 Å². The van der Waals surface area contributed by atoms with E-state index >= 15 is 0 Å². The molecule has 0 N–H and O–H groups in total. The predicted octanol–water partition coefficient (Wildman–Crippen LogP) is 3.64. The van der Waals surface area contributed by atoms with Crippen LogP contribution in [-0.4, -0.2) is 12.0 Å². The molecule has 1 aromatic carbocycles. The number of Topliss-reactive ketones (excluding diaryl/α,β-unsaturated/α-hetero) is 1. The minimum absolute atomic E-state index is 0.0678. The zero-order valence-corrected chi connectivity index (χ0v) is 9.76. The Balaban J connectivity index is 2.68. The smallest absolute Gasteiger partial charge is 0.173 e. The zero-order valence-electron chi connectivity index (χ0n) is 7.42. The highest BCUT2D eigenvalue weighted by Crippen LogP contribution is 2.36. The Labute approximate surface area is 95.1 Å². The first kappa shape index (κ1) is 9.87. The van der Waals surface area contributed by atoms with Gasteiger partial charge < -0.3 is 0 Å². The summed E-state index contributed by atoms with van der Waals surface area (Å²) in [5, 5.41) is 0.549. The molecule has 1 aliphatic rings. The van der Waals surface area contributed by atoms with Crippen molar-refractivity contribution >= 4 is 45.2 Å². The molecule has 0 saturated heterocycles. The molecule has 1 aromatic rings. The Hall–Kier alpha value is -0.670. The number of hydrogen-bond acceptors (Lipinski definition) is 2. The molecule has 14 heavy (non-hydrogen) atoms. The van der Waals surface area contributed by atoms with Gasteiger partial charge in [0.25, 0.3) is 0 Å². The Kier molecular flexibility index (Phi) is 2.45. The average molecular weight is 273 g/mol. The molecule has 0 radical (unpaired) electrons. The monoisotopic (exact) mass is 271 g/mol. The Morgan fingerprint density at radius 3 is 2.93 bits per heavy atom. The Bertz CT molecular complexity index is 442. The molecule has 0 aromatic heterocycles. The van der Waals surface area contributed by atoms with Crippen LogP contribution in [0.25, 0.3) is 0 Å². The van der Waals surface area contributed by atoms with Gasteiger partial charge in [-0.05, 0) is 28.1 Å². The summed E-state index contributed by atoms with van der Waals surface area (Å²) in [7, 11) is 0. The molecule has 0 saturated carbocycles. The van der Waals surface area contributed by atoms with Crippen molar-refractivity contribution in [2.45, 2.75) is 6.92 Å². The summed E-state index contributed by atoms with van der Waals surface area (Å²) in [6.45, 7) is 1.82. The van der Waals surface area contributed by atoms with Crippen molar-refractivity contribution in [3.63, 3.8) is 0 Å². The second kappa shape index (κ2) is 3.48. The third-order valence-electron chi connectivity index (χ3n) is 2.13. The van der Waals surface area contributed by atoms with Crippen LogP contribution in [0.2, 0.25) is 5.02 Å². The molecule has 2 rings (SSSR count). The molecule has 1 heterocycles. The van der Waals surface area contributed by atoms with Crippen molar-refractivity contribution in [3.05, 3.63) is 27.2 Å². The Morgan fingerprint density at radius 2 is 2.21 bits per heavy atom. The lowest BCUT2D eigenvalue weighted by Gasteiger charge is -2.15. The third kappa shape index (κ3) is 1.51. The van der Waals surface area contributed by atoms with Gasteiger partial charge in [-0.3, -0.25) is 9.79 Å². The van der Waals surface area contributed by atoms with Crippen molar-refractivity contribution in [2.75, 3.05) is 0 Å². The number of rotatable bonds is 0. The number of carbonyl (C=O) groups is 1. The molecule has 0 aliphatic carbocycles. The van der Waals surface area contributed by atoms with Crippen molar-refractivity contribution in [1.29, 1.82) is 0 Å². The van der Waals surface area contributed by atoms with Gasteiger partial charge in [0, 0.05) is 21.3 Å². The van der Waals surface area contributed by atoms with Crippen molar-refractivity contribution in [1.82, 2.24) is 0 Å². The van der Waals surface area contributed by atoms with Gasteiger partial charge in [0.2, 0.25) is 0 Å². The second-order valence-electron chi connectivity index (χ2n) is 3.21. The number of ketones is 1. The summed E-state index contributed by atoms with van der Waals surface area (Å²) < 4.78 is 0.761. The fraction of sp³-hybridized carbons (Fsp3) is 0.200. The minimum Gasteiger partial charge on any atom is -0.293 e. The number of fused-ring (bicyclic) bond motifs is 1. The fourth-order valence-corrected chi connectivity index (χ4v) is 2.30. The van der Waals surface area contributed by atoms with Crippen LogP contribution in [-0.2, 0) is 0 Å². The maximum Gasteiger partial charge on any atom is 0.173 e. The Morgan fingerprint density at radius 1 is 1.50 bits per heavy atom. The SMILES string of the molecule is CC1C=Nc2c(Br)cc(Cl)cc2C1=O. The molecule has 2 nitrogen and oxygen atoms in total. The lowest BCUT2D eigenvalue weighted by atomic mass is 9.96. The standard InChI is InChI=1S/C10H7BrClNO/c1-5-4-13-9-7(10(5)14)2-6(12)3-8(9)11/h2-5H,1H3. The second-order valence-corrected chi connectivity index (χ2v) is 4.51. The number of benzene rings is 1. The maximum absolute atomic E-state index is 11.8. The molecule has 0 amide bonds. The molecule has 0 fully saturated rings. The van der Waals surface area contributed by atoms with Gasteiger partial charge >= 0.3 is 0 Å². The maximum atomic E-state index is 11.8. The van der Waals surface area contributed by atoms with E-state index in [1.165, 1.54) is 0 Å². The quantitative estimate of drug-likeness (QED) is 0.709. The molecule has 0 bridgehead atoms. The topological polar surface area (TPSA) is 29.4 Å². The minimum atomic E-state index is -0.159. The molecular weight excluding hydrogens is 265 g/mol. The lowest BCUT2D eigenvalue weighted by Crippen LogP contribution is -2.16. The van der Waals surface area contributed by atoms with Crippen LogP contribution in [0.15, 0.2) is 21.6 Å². The van der Waals surface area contributed by atoms with E-state index in [0.717, 1.165) is 4.47 Å². The van der Waals surface area contributed by atoms with E-state index in [4.69, 9.17) is 11.6 Å². The van der Waals surface area contributed by atoms with E-state index in [2.05, 4.69) is 20.9 Å². The third-order valence-corrected chi connectivity index (χ3v) is 2.96. The highest BCUT2D eigenvalue weighted by molar-refractivity contribution is 9.10.